The van der Waals surface area contributed by atoms with E-state index in [-0.39, 0.29) is 0 Å². The monoisotopic (exact) mass is 264 g/mol. The summed E-state index contributed by atoms with van der Waals surface area (Å²) in [6.07, 6.45) is 0. The maximum Gasteiger partial charge on any atom is 0.0593 e. The topological polar surface area (TPSA) is 24.5 Å². The molecule has 0 heterocycles. The Hall–Kier alpha value is -0.900. The molecule has 1 rings (SSSR count). The van der Waals surface area contributed by atoms with Crippen LogP contribution in [0.2, 0.25) is 0 Å². The molecule has 0 atom stereocenters. The van der Waals surface area contributed by atoms with Crippen LogP contribution in [0.3, 0.4) is 0 Å². The molecule has 3 heteroatoms. The number of hydrogen-bond acceptors (Lipinski definition) is 3. The van der Waals surface area contributed by atoms with Gasteiger partial charge in [-0.05, 0) is 31.1 Å². The molecule has 0 amide bonds. The number of nitrogens with one attached hydrogen (secondary N) is 1. The van der Waals surface area contributed by atoms with Gasteiger partial charge in [0.05, 0.1) is 6.61 Å². The van der Waals surface area contributed by atoms with E-state index < -0.39 is 0 Å². The van der Waals surface area contributed by atoms with Gasteiger partial charge < -0.3 is 10.1 Å². The Morgan fingerprint density at radius 2 is 1.95 bits per heavy atom. The van der Waals surface area contributed by atoms with Crippen molar-refractivity contribution in [2.24, 2.45) is 0 Å². The van der Waals surface area contributed by atoms with E-state index >= 15 is 0 Å². The minimum Gasteiger partial charge on any atom is -0.380 e. The zero-order valence-corrected chi connectivity index (χ0v) is 12.6. The average Bonchev–Trinajstić information content (AvgIpc) is 2.44. The first kappa shape index (κ1) is 16.2. The van der Waals surface area contributed by atoms with Crippen LogP contribution in [-0.4, -0.2) is 37.7 Å². The zero-order valence-electron chi connectivity index (χ0n) is 12.6. The van der Waals surface area contributed by atoms with Crippen LogP contribution in [-0.2, 0) is 17.8 Å². The Morgan fingerprint density at radius 1 is 1.16 bits per heavy atom. The first-order valence-electron chi connectivity index (χ1n) is 7.38. The largest absolute Gasteiger partial charge is 0.380 e. The Kier molecular flexibility index (Phi) is 8.47. The van der Waals surface area contributed by atoms with E-state index in [4.69, 9.17) is 4.74 Å². The lowest BCUT2D eigenvalue weighted by molar-refractivity contribution is 0.113. The summed E-state index contributed by atoms with van der Waals surface area (Å²) in [6.45, 7) is 13.0. The first-order valence-corrected chi connectivity index (χ1v) is 7.38. The molecule has 3 nitrogen and oxygen atoms in total. The maximum atomic E-state index is 5.43. The summed E-state index contributed by atoms with van der Waals surface area (Å²) in [5.74, 6) is 0. The van der Waals surface area contributed by atoms with Crippen LogP contribution in [0.4, 0.5) is 0 Å². The third kappa shape index (κ3) is 6.71. The first-order chi connectivity index (χ1) is 9.30. The van der Waals surface area contributed by atoms with Gasteiger partial charge in [0, 0.05) is 26.2 Å². The molecule has 1 aromatic rings. The number of hydrogen-bond donors (Lipinski definition) is 1. The smallest absolute Gasteiger partial charge is 0.0593 e. The van der Waals surface area contributed by atoms with Crippen LogP contribution < -0.4 is 5.32 Å². The molecule has 0 radical (unpaired) electrons. The quantitative estimate of drug-likeness (QED) is 0.658. The highest BCUT2D eigenvalue weighted by Crippen LogP contribution is 2.08. The normalized spacial score (nSPS) is 11.2. The fourth-order valence-electron chi connectivity index (χ4n) is 2.05. The standard InChI is InChI=1S/C16H28N2O/c1-4-17-13-15-8-7-9-16(12-15)14-18(5-2)10-11-19-6-3/h7-9,12,17H,4-6,10-11,13-14H2,1-3H3. The van der Waals surface area contributed by atoms with Crippen LogP contribution in [0.15, 0.2) is 24.3 Å². The van der Waals surface area contributed by atoms with Crippen LogP contribution in [0.25, 0.3) is 0 Å². The fourth-order valence-corrected chi connectivity index (χ4v) is 2.05. The van der Waals surface area contributed by atoms with Crippen molar-refractivity contribution in [3.63, 3.8) is 0 Å². The lowest BCUT2D eigenvalue weighted by atomic mass is 10.1. The molecule has 1 N–H and O–H groups in total. The maximum absolute atomic E-state index is 5.43. The molecular formula is C16H28N2O. The van der Waals surface area contributed by atoms with Crippen molar-refractivity contribution in [1.29, 1.82) is 0 Å². The summed E-state index contributed by atoms with van der Waals surface area (Å²) in [5, 5.41) is 3.37. The van der Waals surface area contributed by atoms with Crippen molar-refractivity contribution in [3.05, 3.63) is 35.4 Å². The average molecular weight is 264 g/mol. The van der Waals surface area contributed by atoms with E-state index in [1.54, 1.807) is 0 Å². The summed E-state index contributed by atoms with van der Waals surface area (Å²) in [6, 6.07) is 8.84. The third-order valence-corrected chi connectivity index (χ3v) is 3.18. The highest BCUT2D eigenvalue weighted by atomic mass is 16.5. The molecule has 0 saturated carbocycles. The van der Waals surface area contributed by atoms with E-state index in [1.807, 2.05) is 6.92 Å². The van der Waals surface area contributed by atoms with Gasteiger partial charge in [-0.2, -0.15) is 0 Å². The molecule has 1 aromatic carbocycles. The second kappa shape index (κ2) is 9.96. The minimum atomic E-state index is 0.801. The predicted octanol–water partition coefficient (Wildman–Crippen LogP) is 2.65. The number of benzene rings is 1. The molecule has 0 fully saturated rings. The molecule has 0 aliphatic rings. The summed E-state index contributed by atoms with van der Waals surface area (Å²) in [4.78, 5) is 2.42. The van der Waals surface area contributed by atoms with Gasteiger partial charge in [-0.1, -0.05) is 38.1 Å². The van der Waals surface area contributed by atoms with Crippen LogP contribution in [0.1, 0.15) is 31.9 Å². The van der Waals surface area contributed by atoms with Crippen molar-refractivity contribution in [1.82, 2.24) is 10.2 Å². The van der Waals surface area contributed by atoms with Gasteiger partial charge in [-0.3, -0.25) is 4.90 Å². The van der Waals surface area contributed by atoms with Crippen molar-refractivity contribution < 1.29 is 4.74 Å². The number of likely N-dealkylation sites (N-methyl/N-ethyl adjacent to an activating group) is 1. The van der Waals surface area contributed by atoms with Gasteiger partial charge in [0.25, 0.3) is 0 Å². The second-order valence-corrected chi connectivity index (χ2v) is 4.67. The lowest BCUT2D eigenvalue weighted by Gasteiger charge is -2.20. The fraction of sp³-hybridized carbons (Fsp3) is 0.625. The Balaban J connectivity index is 2.48. The van der Waals surface area contributed by atoms with Gasteiger partial charge >= 0.3 is 0 Å². The minimum absolute atomic E-state index is 0.801. The predicted molar refractivity (Wildman–Crippen MR) is 81.3 cm³/mol. The molecule has 0 aliphatic carbocycles. The van der Waals surface area contributed by atoms with Crippen LogP contribution in [0.5, 0.6) is 0 Å². The molecule has 0 aromatic heterocycles. The van der Waals surface area contributed by atoms with Crippen LogP contribution >= 0.6 is 0 Å². The van der Waals surface area contributed by atoms with E-state index in [1.165, 1.54) is 11.1 Å². The summed E-state index contributed by atoms with van der Waals surface area (Å²) in [5.41, 5.74) is 2.74. The van der Waals surface area contributed by atoms with Gasteiger partial charge in [-0.15, -0.1) is 0 Å². The third-order valence-electron chi connectivity index (χ3n) is 3.18. The van der Waals surface area contributed by atoms with Gasteiger partial charge in [0.1, 0.15) is 0 Å². The van der Waals surface area contributed by atoms with E-state index in [0.29, 0.717) is 0 Å². The highest BCUT2D eigenvalue weighted by molar-refractivity contribution is 5.23. The van der Waals surface area contributed by atoms with Crippen molar-refractivity contribution in [2.45, 2.75) is 33.9 Å². The number of nitrogens with zero attached hydrogens (tertiary/aromatic N) is 1. The lowest BCUT2D eigenvalue weighted by Crippen LogP contribution is -2.27. The number of ether oxygens (including phenoxy) is 1. The van der Waals surface area contributed by atoms with E-state index in [9.17, 15) is 0 Å². The highest BCUT2D eigenvalue weighted by Gasteiger charge is 2.04. The molecule has 0 aliphatic heterocycles. The molecule has 0 unspecified atom stereocenters. The molecule has 108 valence electrons. The molecule has 0 spiro atoms. The molecular weight excluding hydrogens is 236 g/mol. The van der Waals surface area contributed by atoms with E-state index in [0.717, 1.165) is 45.9 Å². The molecule has 0 saturated heterocycles. The summed E-state index contributed by atoms with van der Waals surface area (Å²) in [7, 11) is 0. The number of rotatable bonds is 10. The molecule has 19 heavy (non-hydrogen) atoms. The van der Waals surface area contributed by atoms with Gasteiger partial charge in [0.2, 0.25) is 0 Å². The van der Waals surface area contributed by atoms with Gasteiger partial charge in [0.15, 0.2) is 0 Å². The summed E-state index contributed by atoms with van der Waals surface area (Å²) >= 11 is 0. The Labute approximate surface area is 118 Å². The Bertz CT molecular complexity index is 341. The summed E-state index contributed by atoms with van der Waals surface area (Å²) < 4.78 is 5.43. The second-order valence-electron chi connectivity index (χ2n) is 4.67. The van der Waals surface area contributed by atoms with Crippen molar-refractivity contribution in [3.8, 4) is 0 Å². The zero-order chi connectivity index (χ0) is 13.9. The van der Waals surface area contributed by atoms with E-state index in [2.05, 4.69) is 48.3 Å². The van der Waals surface area contributed by atoms with Crippen LogP contribution in [0, 0.1) is 0 Å². The van der Waals surface area contributed by atoms with Crippen molar-refractivity contribution in [2.75, 3.05) is 32.8 Å². The molecule has 0 bridgehead atoms. The van der Waals surface area contributed by atoms with Gasteiger partial charge in [-0.25, -0.2) is 0 Å². The SMILES string of the molecule is CCNCc1cccc(CN(CC)CCOCC)c1. The Morgan fingerprint density at radius 3 is 2.63 bits per heavy atom. The van der Waals surface area contributed by atoms with Crippen molar-refractivity contribution >= 4 is 0 Å².